The Hall–Kier alpha value is -3.58. The maximum absolute atomic E-state index is 13.2. The smallest absolute Gasteiger partial charge is 0.295 e. The number of aliphatic hydroxyl groups excluding tert-OH is 1. The number of Topliss-reactive ketones (excluding diaryl/α,β-unsaturated/α-hetero) is 1. The van der Waals surface area contributed by atoms with Crippen LogP contribution in [0.25, 0.3) is 5.76 Å². The van der Waals surface area contributed by atoms with Crippen molar-refractivity contribution < 1.29 is 28.2 Å². The number of methoxy groups -OCH3 is 1. The molecule has 8 heteroatoms. The van der Waals surface area contributed by atoms with Gasteiger partial charge in [-0.1, -0.05) is 23.7 Å². The summed E-state index contributed by atoms with van der Waals surface area (Å²) in [4.78, 5) is 27.4. The lowest BCUT2D eigenvalue weighted by Crippen LogP contribution is -2.31. The van der Waals surface area contributed by atoms with Crippen molar-refractivity contribution in [2.75, 3.05) is 13.7 Å². The van der Waals surface area contributed by atoms with Gasteiger partial charge in [-0.05, 0) is 61.4 Å². The van der Waals surface area contributed by atoms with Gasteiger partial charge in [-0.25, -0.2) is 4.39 Å². The molecule has 1 aliphatic heterocycles. The molecule has 33 heavy (non-hydrogen) atoms. The van der Waals surface area contributed by atoms with Crippen molar-refractivity contribution in [3.8, 4) is 5.75 Å². The Kier molecular flexibility index (Phi) is 6.24. The molecule has 3 aromatic rings. The van der Waals surface area contributed by atoms with E-state index in [0.29, 0.717) is 23.7 Å². The van der Waals surface area contributed by atoms with E-state index in [-0.39, 0.29) is 28.5 Å². The molecule has 1 atom stereocenters. The van der Waals surface area contributed by atoms with Gasteiger partial charge in [-0.2, -0.15) is 0 Å². The van der Waals surface area contributed by atoms with Crippen molar-refractivity contribution in [2.24, 2.45) is 0 Å². The zero-order chi connectivity index (χ0) is 23.7. The molecule has 0 bridgehead atoms. The lowest BCUT2D eigenvalue weighted by molar-refractivity contribution is -0.140. The molecular weight excluding hydrogens is 449 g/mol. The van der Waals surface area contributed by atoms with E-state index in [0.717, 1.165) is 5.56 Å². The first kappa shape index (κ1) is 22.6. The molecule has 0 spiro atoms. The second-order valence-corrected chi connectivity index (χ2v) is 8.07. The van der Waals surface area contributed by atoms with Gasteiger partial charge in [0.2, 0.25) is 0 Å². The fourth-order valence-corrected chi connectivity index (χ4v) is 4.07. The van der Waals surface area contributed by atoms with E-state index in [1.807, 2.05) is 0 Å². The fourth-order valence-electron chi connectivity index (χ4n) is 3.87. The largest absolute Gasteiger partial charge is 0.507 e. The molecule has 1 aliphatic rings. The highest BCUT2D eigenvalue weighted by atomic mass is 35.5. The number of likely N-dealkylation sites (tertiary alicyclic amines) is 1. The van der Waals surface area contributed by atoms with Gasteiger partial charge in [-0.15, -0.1) is 0 Å². The number of benzene rings is 2. The van der Waals surface area contributed by atoms with E-state index in [2.05, 4.69) is 0 Å². The SMILES string of the molecule is COc1ccc(Cl)c(/C(O)=C2\C(=O)C(=O)N(CCc3ccc(F)cc3)C2c2ccc(C)o2)c1. The van der Waals surface area contributed by atoms with Crippen LogP contribution in [0.1, 0.15) is 28.7 Å². The lowest BCUT2D eigenvalue weighted by atomic mass is 9.99. The van der Waals surface area contributed by atoms with Gasteiger partial charge in [0.25, 0.3) is 11.7 Å². The highest BCUT2D eigenvalue weighted by Gasteiger charge is 2.47. The van der Waals surface area contributed by atoms with Crippen molar-refractivity contribution in [3.05, 3.63) is 93.7 Å². The monoisotopic (exact) mass is 469 g/mol. The van der Waals surface area contributed by atoms with Gasteiger partial charge in [0.15, 0.2) is 0 Å². The number of carbonyl (C=O) groups excluding carboxylic acids is 2. The number of hydrogen-bond donors (Lipinski definition) is 1. The number of carbonyl (C=O) groups is 2. The second kappa shape index (κ2) is 9.11. The number of amides is 1. The van der Waals surface area contributed by atoms with E-state index < -0.39 is 23.5 Å². The van der Waals surface area contributed by atoms with Crippen LogP contribution in [0.4, 0.5) is 4.39 Å². The third kappa shape index (κ3) is 4.36. The summed E-state index contributed by atoms with van der Waals surface area (Å²) >= 11 is 6.29. The van der Waals surface area contributed by atoms with Gasteiger partial charge >= 0.3 is 0 Å². The number of ether oxygens (including phenoxy) is 1. The second-order valence-electron chi connectivity index (χ2n) is 7.66. The van der Waals surface area contributed by atoms with Crippen LogP contribution in [0.2, 0.25) is 5.02 Å². The summed E-state index contributed by atoms with van der Waals surface area (Å²) in [6.07, 6.45) is 0.378. The van der Waals surface area contributed by atoms with Crippen LogP contribution < -0.4 is 4.74 Å². The molecule has 4 rings (SSSR count). The Morgan fingerprint density at radius 3 is 2.52 bits per heavy atom. The molecule has 1 aromatic heterocycles. The Bertz CT molecular complexity index is 1250. The van der Waals surface area contributed by atoms with E-state index in [1.54, 1.807) is 37.3 Å². The summed E-state index contributed by atoms with van der Waals surface area (Å²) in [5.74, 6) is -1.03. The third-order valence-corrected chi connectivity index (χ3v) is 5.88. The first-order valence-electron chi connectivity index (χ1n) is 10.2. The van der Waals surface area contributed by atoms with Crippen molar-refractivity contribution >= 4 is 29.1 Å². The predicted molar refractivity (Wildman–Crippen MR) is 121 cm³/mol. The number of ketones is 1. The molecule has 0 saturated carbocycles. The van der Waals surface area contributed by atoms with Gasteiger partial charge in [-0.3, -0.25) is 9.59 Å². The molecule has 2 heterocycles. The quantitative estimate of drug-likeness (QED) is 0.310. The van der Waals surface area contributed by atoms with Gasteiger partial charge in [0.1, 0.15) is 34.9 Å². The average Bonchev–Trinajstić information content (AvgIpc) is 3.34. The highest BCUT2D eigenvalue weighted by molar-refractivity contribution is 6.47. The molecule has 0 radical (unpaired) electrons. The number of aryl methyl sites for hydroxylation is 1. The van der Waals surface area contributed by atoms with Crippen molar-refractivity contribution in [1.82, 2.24) is 4.90 Å². The number of rotatable bonds is 6. The van der Waals surface area contributed by atoms with Crippen LogP contribution in [0.3, 0.4) is 0 Å². The number of aliphatic hydroxyl groups is 1. The lowest BCUT2D eigenvalue weighted by Gasteiger charge is -2.23. The number of halogens is 2. The van der Waals surface area contributed by atoms with Crippen LogP contribution in [0.15, 0.2) is 64.6 Å². The van der Waals surface area contributed by atoms with Gasteiger partial charge < -0.3 is 19.2 Å². The molecule has 1 saturated heterocycles. The van der Waals surface area contributed by atoms with Crippen molar-refractivity contribution in [2.45, 2.75) is 19.4 Å². The molecule has 1 amide bonds. The summed E-state index contributed by atoms with van der Waals surface area (Å²) in [5, 5.41) is 11.3. The summed E-state index contributed by atoms with van der Waals surface area (Å²) in [6, 6.07) is 13.0. The molecule has 170 valence electrons. The highest BCUT2D eigenvalue weighted by Crippen LogP contribution is 2.41. The topological polar surface area (TPSA) is 80.0 Å². The molecule has 0 aliphatic carbocycles. The van der Waals surface area contributed by atoms with Crippen LogP contribution in [-0.2, 0) is 16.0 Å². The van der Waals surface area contributed by atoms with E-state index in [1.165, 1.54) is 36.3 Å². The zero-order valence-electron chi connectivity index (χ0n) is 18.0. The summed E-state index contributed by atoms with van der Waals surface area (Å²) < 4.78 is 24.2. The zero-order valence-corrected chi connectivity index (χ0v) is 18.7. The van der Waals surface area contributed by atoms with Gasteiger partial charge in [0, 0.05) is 12.1 Å². The summed E-state index contributed by atoms with van der Waals surface area (Å²) in [5.41, 5.74) is 0.841. The maximum Gasteiger partial charge on any atom is 0.295 e. The minimum atomic E-state index is -0.943. The maximum atomic E-state index is 13.2. The first-order valence-corrected chi connectivity index (χ1v) is 10.6. The van der Waals surface area contributed by atoms with Crippen molar-refractivity contribution in [3.63, 3.8) is 0 Å². The Morgan fingerprint density at radius 2 is 1.88 bits per heavy atom. The van der Waals surface area contributed by atoms with E-state index in [9.17, 15) is 19.1 Å². The minimum absolute atomic E-state index is 0.122. The number of furan rings is 1. The van der Waals surface area contributed by atoms with E-state index >= 15 is 0 Å². The molecule has 1 N–H and O–H groups in total. The number of hydrogen-bond acceptors (Lipinski definition) is 5. The van der Waals surface area contributed by atoms with Crippen LogP contribution in [-0.4, -0.2) is 35.4 Å². The summed E-state index contributed by atoms with van der Waals surface area (Å²) in [7, 11) is 1.47. The number of nitrogens with zero attached hydrogens (tertiary/aromatic N) is 1. The normalized spacial score (nSPS) is 17.6. The first-order chi connectivity index (χ1) is 15.8. The van der Waals surface area contributed by atoms with Crippen LogP contribution in [0.5, 0.6) is 5.75 Å². The Morgan fingerprint density at radius 1 is 1.15 bits per heavy atom. The fraction of sp³-hybridized carbons (Fsp3) is 0.200. The third-order valence-electron chi connectivity index (χ3n) is 5.55. The van der Waals surface area contributed by atoms with Crippen molar-refractivity contribution in [1.29, 1.82) is 0 Å². The standard InChI is InChI=1S/C25H21ClFNO5/c1-14-3-10-20(33-14)22-21(23(29)18-13-17(32-2)8-9-19(18)26)24(30)25(31)28(22)12-11-15-4-6-16(27)7-5-15/h3-10,13,22,29H,11-12H2,1-2H3/b23-21+. The van der Waals surface area contributed by atoms with Gasteiger partial charge in [0.05, 0.1) is 17.7 Å². The van der Waals surface area contributed by atoms with Crippen LogP contribution >= 0.6 is 11.6 Å². The molecule has 1 fully saturated rings. The molecule has 2 aromatic carbocycles. The Balaban J connectivity index is 1.79. The molecule has 6 nitrogen and oxygen atoms in total. The Labute approximate surface area is 194 Å². The van der Waals surface area contributed by atoms with Crippen LogP contribution in [0, 0.1) is 12.7 Å². The van der Waals surface area contributed by atoms with E-state index in [4.69, 9.17) is 20.8 Å². The summed E-state index contributed by atoms with van der Waals surface area (Å²) in [6.45, 7) is 1.90. The average molecular weight is 470 g/mol. The minimum Gasteiger partial charge on any atom is -0.507 e. The molecular formula is C25H21ClFNO5. The molecule has 1 unspecified atom stereocenters. The predicted octanol–water partition coefficient (Wildman–Crippen LogP) is 5.05.